The number of fused-ring (bicyclic) bond motifs is 2. The van der Waals surface area contributed by atoms with Gasteiger partial charge in [0.1, 0.15) is 5.39 Å². The topological polar surface area (TPSA) is 82.0 Å². The summed E-state index contributed by atoms with van der Waals surface area (Å²) in [4.78, 5) is 18.3. The van der Waals surface area contributed by atoms with Crippen LogP contribution in [0.4, 0.5) is 0 Å². The standard InChI is InChI=1S/C13H9ClN4O3/c14-9-2-11-10(20-6-21-11)1-7(9)4-18-12-8(3-17-18)13(19)16-5-15-12/h1-3,5H,4,6H2,(H,15,16,19). The van der Waals surface area contributed by atoms with Crippen molar-refractivity contribution in [3.8, 4) is 11.5 Å². The SMILES string of the molecule is O=c1[nH]cnc2c1cnn2Cc1cc2c(cc1Cl)OCO2. The second-order valence-corrected chi connectivity index (χ2v) is 4.98. The molecule has 0 saturated heterocycles. The molecule has 0 unspecified atom stereocenters. The van der Waals surface area contributed by atoms with Crippen molar-refractivity contribution in [1.29, 1.82) is 0 Å². The van der Waals surface area contributed by atoms with Gasteiger partial charge in [-0.15, -0.1) is 0 Å². The molecule has 1 aromatic carbocycles. The maximum Gasteiger partial charge on any atom is 0.261 e. The van der Waals surface area contributed by atoms with Gasteiger partial charge in [-0.3, -0.25) is 4.79 Å². The normalized spacial score (nSPS) is 13.0. The highest BCUT2D eigenvalue weighted by atomic mass is 35.5. The average Bonchev–Trinajstić information content (AvgIpc) is 3.07. The maximum absolute atomic E-state index is 11.7. The van der Waals surface area contributed by atoms with E-state index in [1.807, 2.05) is 6.07 Å². The third-order valence-corrected chi connectivity index (χ3v) is 3.65. The van der Waals surface area contributed by atoms with E-state index in [9.17, 15) is 4.79 Å². The minimum Gasteiger partial charge on any atom is -0.454 e. The fourth-order valence-electron chi connectivity index (χ4n) is 2.26. The number of rotatable bonds is 2. The lowest BCUT2D eigenvalue weighted by Gasteiger charge is -2.07. The Hall–Kier alpha value is -2.54. The summed E-state index contributed by atoms with van der Waals surface area (Å²) in [6, 6.07) is 3.52. The molecule has 0 amide bonds. The van der Waals surface area contributed by atoms with Crippen LogP contribution in [0.5, 0.6) is 11.5 Å². The number of H-pyrrole nitrogens is 1. The predicted octanol–water partition coefficient (Wildman–Crippen LogP) is 1.55. The minimum absolute atomic E-state index is 0.191. The van der Waals surface area contributed by atoms with E-state index < -0.39 is 0 Å². The second kappa shape index (κ2) is 4.49. The Kier molecular flexibility index (Phi) is 2.61. The van der Waals surface area contributed by atoms with E-state index in [4.69, 9.17) is 21.1 Å². The molecule has 106 valence electrons. The zero-order chi connectivity index (χ0) is 14.4. The first-order chi connectivity index (χ1) is 10.2. The Morgan fingerprint density at radius 3 is 3.00 bits per heavy atom. The number of nitrogens with zero attached hydrogens (tertiary/aromatic N) is 3. The molecule has 1 N–H and O–H groups in total. The molecule has 8 heteroatoms. The van der Waals surface area contributed by atoms with Gasteiger partial charge in [-0.25, -0.2) is 9.67 Å². The van der Waals surface area contributed by atoms with Gasteiger partial charge < -0.3 is 14.5 Å². The molecule has 3 aromatic rings. The molecular formula is C13H9ClN4O3. The number of aromatic amines is 1. The Morgan fingerprint density at radius 1 is 1.33 bits per heavy atom. The van der Waals surface area contributed by atoms with E-state index >= 15 is 0 Å². The summed E-state index contributed by atoms with van der Waals surface area (Å²) in [6.07, 6.45) is 2.84. The van der Waals surface area contributed by atoms with Crippen molar-refractivity contribution in [3.63, 3.8) is 0 Å². The summed E-state index contributed by atoms with van der Waals surface area (Å²) < 4.78 is 12.2. The highest BCUT2D eigenvalue weighted by Gasteiger charge is 2.17. The van der Waals surface area contributed by atoms with E-state index in [2.05, 4.69) is 15.1 Å². The molecule has 0 saturated carbocycles. The fourth-order valence-corrected chi connectivity index (χ4v) is 2.48. The summed E-state index contributed by atoms with van der Waals surface area (Å²) in [7, 11) is 0. The number of hydrogen-bond donors (Lipinski definition) is 1. The van der Waals surface area contributed by atoms with Crippen molar-refractivity contribution in [2.45, 2.75) is 6.54 Å². The summed E-state index contributed by atoms with van der Waals surface area (Å²) in [6.45, 7) is 0.576. The van der Waals surface area contributed by atoms with Crippen molar-refractivity contribution >= 4 is 22.6 Å². The van der Waals surface area contributed by atoms with E-state index in [0.717, 1.165) is 5.56 Å². The molecule has 0 aliphatic carbocycles. The maximum atomic E-state index is 11.7. The fraction of sp³-hybridized carbons (Fsp3) is 0.154. The Balaban J connectivity index is 1.78. The van der Waals surface area contributed by atoms with Crippen LogP contribution in [0.1, 0.15) is 5.56 Å². The Bertz CT molecular complexity index is 902. The first kappa shape index (κ1) is 12.2. The van der Waals surface area contributed by atoms with Crippen molar-refractivity contribution in [2.24, 2.45) is 0 Å². The van der Waals surface area contributed by atoms with Gasteiger partial charge in [-0.05, 0) is 11.6 Å². The largest absolute Gasteiger partial charge is 0.454 e. The molecule has 3 heterocycles. The molecule has 0 atom stereocenters. The quantitative estimate of drug-likeness (QED) is 0.777. The lowest BCUT2D eigenvalue weighted by atomic mass is 10.2. The highest BCUT2D eigenvalue weighted by molar-refractivity contribution is 6.31. The van der Waals surface area contributed by atoms with Gasteiger partial charge in [0.2, 0.25) is 6.79 Å². The van der Waals surface area contributed by atoms with Crippen molar-refractivity contribution in [1.82, 2.24) is 19.7 Å². The molecule has 0 bridgehead atoms. The molecule has 0 radical (unpaired) electrons. The van der Waals surface area contributed by atoms with Crippen molar-refractivity contribution < 1.29 is 9.47 Å². The van der Waals surface area contributed by atoms with Gasteiger partial charge >= 0.3 is 0 Å². The van der Waals surface area contributed by atoms with Gasteiger partial charge in [0.15, 0.2) is 17.1 Å². The highest BCUT2D eigenvalue weighted by Crippen LogP contribution is 2.37. The van der Waals surface area contributed by atoms with Gasteiger partial charge in [-0.1, -0.05) is 11.6 Å². The summed E-state index contributed by atoms with van der Waals surface area (Å²) in [5, 5.41) is 5.18. The smallest absolute Gasteiger partial charge is 0.261 e. The van der Waals surface area contributed by atoms with Crippen LogP contribution in [0.3, 0.4) is 0 Å². The first-order valence-electron chi connectivity index (χ1n) is 6.19. The van der Waals surface area contributed by atoms with Crippen LogP contribution in [0, 0.1) is 0 Å². The van der Waals surface area contributed by atoms with Gasteiger partial charge in [-0.2, -0.15) is 5.10 Å². The van der Waals surface area contributed by atoms with Gasteiger partial charge in [0, 0.05) is 11.1 Å². The van der Waals surface area contributed by atoms with Crippen LogP contribution in [-0.4, -0.2) is 26.5 Å². The minimum atomic E-state index is -0.219. The molecule has 7 nitrogen and oxygen atoms in total. The van der Waals surface area contributed by atoms with E-state index in [-0.39, 0.29) is 12.4 Å². The van der Waals surface area contributed by atoms with Gasteiger partial charge in [0.25, 0.3) is 5.56 Å². The number of aromatic nitrogens is 4. The molecule has 0 fully saturated rings. The molecule has 4 rings (SSSR count). The van der Waals surface area contributed by atoms with Crippen molar-refractivity contribution in [2.75, 3.05) is 6.79 Å². The van der Waals surface area contributed by atoms with Crippen LogP contribution in [0.25, 0.3) is 11.0 Å². The summed E-state index contributed by atoms with van der Waals surface area (Å²) in [5.41, 5.74) is 1.10. The number of benzene rings is 1. The van der Waals surface area contributed by atoms with E-state index in [1.165, 1.54) is 12.5 Å². The number of hydrogen-bond acceptors (Lipinski definition) is 5. The number of halogens is 1. The monoisotopic (exact) mass is 304 g/mol. The Labute approximate surface area is 123 Å². The van der Waals surface area contributed by atoms with Crippen molar-refractivity contribution in [3.05, 3.63) is 45.6 Å². The number of nitrogens with one attached hydrogen (secondary N) is 1. The van der Waals surface area contributed by atoms with E-state index in [1.54, 1.807) is 10.7 Å². The summed E-state index contributed by atoms with van der Waals surface area (Å²) in [5.74, 6) is 1.28. The lowest BCUT2D eigenvalue weighted by Crippen LogP contribution is -2.08. The molecule has 21 heavy (non-hydrogen) atoms. The predicted molar refractivity (Wildman–Crippen MR) is 74.8 cm³/mol. The first-order valence-corrected chi connectivity index (χ1v) is 6.57. The van der Waals surface area contributed by atoms with Crippen LogP contribution >= 0.6 is 11.6 Å². The van der Waals surface area contributed by atoms with E-state index in [0.29, 0.717) is 34.1 Å². The molecular weight excluding hydrogens is 296 g/mol. The molecule has 2 aromatic heterocycles. The van der Waals surface area contributed by atoms with Crippen LogP contribution in [0.2, 0.25) is 5.02 Å². The zero-order valence-electron chi connectivity index (χ0n) is 10.7. The molecule has 0 spiro atoms. The molecule has 1 aliphatic rings. The van der Waals surface area contributed by atoms with Crippen LogP contribution in [-0.2, 0) is 6.54 Å². The Morgan fingerprint density at radius 2 is 2.14 bits per heavy atom. The number of ether oxygens (including phenoxy) is 2. The average molecular weight is 305 g/mol. The lowest BCUT2D eigenvalue weighted by molar-refractivity contribution is 0.174. The van der Waals surface area contributed by atoms with Gasteiger partial charge in [0.05, 0.1) is 19.1 Å². The summed E-state index contributed by atoms with van der Waals surface area (Å²) >= 11 is 6.24. The van der Waals surface area contributed by atoms with Crippen LogP contribution < -0.4 is 15.0 Å². The second-order valence-electron chi connectivity index (χ2n) is 4.57. The third-order valence-electron chi connectivity index (χ3n) is 3.30. The zero-order valence-corrected chi connectivity index (χ0v) is 11.4. The third kappa shape index (κ3) is 1.93. The van der Waals surface area contributed by atoms with Crippen LogP contribution in [0.15, 0.2) is 29.5 Å². The molecule has 1 aliphatic heterocycles.